The minimum Gasteiger partial charge on any atom is -0.755 e. The van der Waals surface area contributed by atoms with Crippen LogP contribution >= 0.6 is 39.1 Å². The molecule has 1 amide bonds. The molecule has 1 N–H and O–H groups in total. The molecule has 0 spiro atoms. The summed E-state index contributed by atoms with van der Waals surface area (Å²) in [6.45, 7) is 0. The lowest BCUT2D eigenvalue weighted by Gasteiger charge is -2.35. The number of carbonyl (C=O) groups excluding carboxylic acids is 1. The first kappa shape index (κ1) is 22.7. The van der Waals surface area contributed by atoms with Gasteiger partial charge in [-0.25, -0.2) is 0 Å². The molecule has 0 aliphatic heterocycles. The van der Waals surface area contributed by atoms with Crippen molar-refractivity contribution < 1.29 is 23.0 Å². The van der Waals surface area contributed by atoms with Gasteiger partial charge in [0.15, 0.2) is 5.75 Å². The van der Waals surface area contributed by atoms with Crippen molar-refractivity contribution in [3.05, 3.63) is 44.8 Å². The molecule has 31 heavy (non-hydrogen) atoms. The van der Waals surface area contributed by atoms with Gasteiger partial charge < -0.3 is 19.3 Å². The van der Waals surface area contributed by atoms with Gasteiger partial charge in [0.2, 0.25) is 5.91 Å². The summed E-state index contributed by atoms with van der Waals surface area (Å²) in [6, 6.07) is 8.05. The first-order valence-electron chi connectivity index (χ1n) is 9.46. The van der Waals surface area contributed by atoms with Crippen LogP contribution in [0.3, 0.4) is 0 Å². The van der Waals surface area contributed by atoms with E-state index in [9.17, 15) is 13.6 Å². The van der Waals surface area contributed by atoms with Gasteiger partial charge in [0.25, 0.3) is 0 Å². The Morgan fingerprint density at radius 3 is 2.42 bits per heavy atom. The van der Waals surface area contributed by atoms with E-state index in [1.807, 2.05) is 0 Å². The predicted molar refractivity (Wildman–Crippen MR) is 122 cm³/mol. The molecule has 0 radical (unpaired) electrons. The van der Waals surface area contributed by atoms with Crippen LogP contribution in [0.1, 0.15) is 25.7 Å². The monoisotopic (exact) mass is 547 g/mol. The molecule has 1 atom stereocenters. The molecule has 7 nitrogen and oxygen atoms in total. The van der Waals surface area contributed by atoms with Crippen molar-refractivity contribution >= 4 is 62.0 Å². The van der Waals surface area contributed by atoms with E-state index in [2.05, 4.69) is 21.2 Å². The Kier molecular flexibility index (Phi) is 6.42. The van der Waals surface area contributed by atoms with E-state index in [1.54, 1.807) is 24.3 Å². The summed E-state index contributed by atoms with van der Waals surface area (Å²) in [5.74, 6) is 0.502. The number of nitrogens with zero attached hydrogens (tertiary/aromatic N) is 1. The first-order valence-corrected chi connectivity index (χ1v) is 12.0. The number of anilines is 1. The third kappa shape index (κ3) is 4.66. The predicted octanol–water partition coefficient (Wildman–Crippen LogP) is 4.97. The van der Waals surface area contributed by atoms with Gasteiger partial charge >= 0.3 is 0 Å². The Morgan fingerprint density at radius 2 is 1.90 bits per heavy atom. The van der Waals surface area contributed by atoms with Crippen molar-refractivity contribution in [3.8, 4) is 17.2 Å². The molecule has 2 aromatic carbocycles. The van der Waals surface area contributed by atoms with Crippen LogP contribution in [0.15, 0.2) is 34.8 Å². The Balaban J connectivity index is 1.71. The van der Waals surface area contributed by atoms with E-state index >= 15 is 0 Å². The Bertz CT molecular complexity index is 1040. The quantitative estimate of drug-likeness (QED) is 0.470. The Labute approximate surface area is 200 Å². The smallest absolute Gasteiger partial charge is 0.247 e. The number of benzene rings is 2. The molecule has 11 heteroatoms. The highest BCUT2D eigenvalue weighted by molar-refractivity contribution is 9.10. The van der Waals surface area contributed by atoms with Crippen LogP contribution in [-0.4, -0.2) is 33.4 Å². The molecule has 166 valence electrons. The summed E-state index contributed by atoms with van der Waals surface area (Å²) in [4.78, 5) is 12.9. The van der Waals surface area contributed by atoms with Crippen LogP contribution in [0.4, 0.5) is 5.69 Å². The molecular formula is C20H18BrCl2N2O5S-. The van der Waals surface area contributed by atoms with Crippen LogP contribution in [0.2, 0.25) is 10.0 Å². The summed E-state index contributed by atoms with van der Waals surface area (Å²) < 4.78 is 37.6. The van der Waals surface area contributed by atoms with Gasteiger partial charge in [-0.3, -0.25) is 13.3 Å². The number of halogens is 3. The number of hydrogen-bond donors (Lipinski definition) is 1. The fraction of sp³-hybridized carbons (Fsp3) is 0.350. The molecule has 1 unspecified atom stereocenters. The summed E-state index contributed by atoms with van der Waals surface area (Å²) >= 11 is 13.1. The summed E-state index contributed by atoms with van der Waals surface area (Å²) in [5.41, 5.74) is -0.977. The van der Waals surface area contributed by atoms with Crippen molar-refractivity contribution in [2.24, 2.45) is 0 Å². The SMILES string of the molecule is COc1ccc(Oc2c(Cl)cc(Br)cc2Cl)cc1N(S(=O)[O-])C1(C(=O)NC2CC2)CC1. The number of ether oxygens (including phenoxy) is 2. The van der Waals surface area contributed by atoms with Gasteiger partial charge in [-0.1, -0.05) is 39.1 Å². The molecule has 0 aromatic heterocycles. The van der Waals surface area contributed by atoms with Crippen LogP contribution in [0, 0.1) is 0 Å². The number of amides is 1. The standard InChI is InChI=1S/C20H19BrCl2N2O5S/c1-29-17-5-4-13(30-18-14(22)8-11(21)9-15(18)23)10-16(17)25(31(27)28)20(6-7-20)19(26)24-12-2-3-12/h4-5,8-10,12H,2-3,6-7H2,1H3,(H,24,26)(H,27,28)/p-1. The largest absolute Gasteiger partial charge is 0.755 e. The maximum absolute atomic E-state index is 12.9. The lowest BCUT2D eigenvalue weighted by atomic mass is 10.2. The average Bonchev–Trinajstić information content (AvgIpc) is 3.61. The van der Waals surface area contributed by atoms with Crippen LogP contribution in [0.5, 0.6) is 17.2 Å². The highest BCUT2D eigenvalue weighted by Crippen LogP contribution is 2.49. The highest BCUT2D eigenvalue weighted by atomic mass is 79.9. The molecule has 2 aliphatic carbocycles. The molecule has 4 rings (SSSR count). The fourth-order valence-electron chi connectivity index (χ4n) is 3.28. The topological polar surface area (TPSA) is 90.9 Å². The van der Waals surface area contributed by atoms with Crippen LogP contribution in [-0.2, 0) is 16.1 Å². The van der Waals surface area contributed by atoms with Gasteiger partial charge in [-0.15, -0.1) is 0 Å². The summed E-state index contributed by atoms with van der Waals surface area (Å²) in [7, 11) is 1.43. The summed E-state index contributed by atoms with van der Waals surface area (Å²) in [6.07, 6.45) is 2.64. The second-order valence-electron chi connectivity index (χ2n) is 7.43. The first-order chi connectivity index (χ1) is 14.7. The number of methoxy groups -OCH3 is 1. The second kappa shape index (κ2) is 8.78. The molecule has 0 saturated heterocycles. The van der Waals surface area contributed by atoms with E-state index in [0.717, 1.165) is 17.1 Å². The third-order valence-corrected chi connectivity index (χ3v) is 7.01. The van der Waals surface area contributed by atoms with Crippen molar-refractivity contribution in [1.29, 1.82) is 0 Å². The van der Waals surface area contributed by atoms with Crippen LogP contribution in [0.25, 0.3) is 0 Å². The van der Waals surface area contributed by atoms with Gasteiger partial charge in [0.05, 0.1) is 22.8 Å². The lowest BCUT2D eigenvalue weighted by Crippen LogP contribution is -2.50. The fourth-order valence-corrected chi connectivity index (χ4v) is 5.42. The lowest BCUT2D eigenvalue weighted by molar-refractivity contribution is -0.123. The summed E-state index contributed by atoms with van der Waals surface area (Å²) in [5, 5.41) is 3.47. The van der Waals surface area contributed by atoms with Crippen molar-refractivity contribution in [3.63, 3.8) is 0 Å². The molecule has 0 bridgehead atoms. The Hall–Kier alpha value is -1.52. The zero-order valence-corrected chi connectivity index (χ0v) is 20.2. The zero-order chi connectivity index (χ0) is 22.3. The van der Waals surface area contributed by atoms with Gasteiger partial charge in [-0.2, -0.15) is 0 Å². The molecule has 2 aromatic rings. The number of nitrogens with one attached hydrogen (secondary N) is 1. The molecule has 2 saturated carbocycles. The Morgan fingerprint density at radius 1 is 1.26 bits per heavy atom. The van der Waals surface area contributed by atoms with Gasteiger partial charge in [0, 0.05) is 27.8 Å². The van der Waals surface area contributed by atoms with Crippen molar-refractivity contribution in [2.75, 3.05) is 11.4 Å². The van der Waals surface area contributed by atoms with Gasteiger partial charge in [0.1, 0.15) is 17.0 Å². The van der Waals surface area contributed by atoms with E-state index in [4.69, 9.17) is 32.7 Å². The highest BCUT2D eigenvalue weighted by Gasteiger charge is 2.57. The number of rotatable bonds is 8. The van der Waals surface area contributed by atoms with Crippen molar-refractivity contribution in [1.82, 2.24) is 5.32 Å². The van der Waals surface area contributed by atoms with Crippen molar-refractivity contribution in [2.45, 2.75) is 37.3 Å². The van der Waals surface area contributed by atoms with E-state index in [0.29, 0.717) is 17.3 Å². The molecule has 2 fully saturated rings. The zero-order valence-electron chi connectivity index (χ0n) is 16.3. The second-order valence-corrected chi connectivity index (χ2v) is 9.95. The number of carbonyl (C=O) groups is 1. The minimum atomic E-state index is -2.73. The molecule has 0 heterocycles. The molecule has 2 aliphatic rings. The van der Waals surface area contributed by atoms with Gasteiger partial charge in [-0.05, 0) is 49.9 Å². The van der Waals surface area contributed by atoms with Crippen LogP contribution < -0.4 is 19.1 Å². The number of hydrogen-bond acceptors (Lipinski definition) is 5. The average molecular weight is 549 g/mol. The normalized spacial score (nSPS) is 17.6. The van der Waals surface area contributed by atoms with E-state index in [-0.39, 0.29) is 44.9 Å². The minimum absolute atomic E-state index is 0.116. The van der Waals surface area contributed by atoms with E-state index < -0.39 is 16.8 Å². The maximum Gasteiger partial charge on any atom is 0.247 e. The van der Waals surface area contributed by atoms with E-state index in [1.165, 1.54) is 13.2 Å². The third-order valence-electron chi connectivity index (χ3n) is 5.15. The maximum atomic E-state index is 12.9. The molecular weight excluding hydrogens is 531 g/mol.